The molecule has 1 unspecified atom stereocenters. The second-order valence-corrected chi connectivity index (χ2v) is 5.19. The van der Waals surface area contributed by atoms with Gasteiger partial charge >= 0.3 is 0 Å². The lowest BCUT2D eigenvalue weighted by molar-refractivity contribution is 0.848. The molecule has 1 heterocycles. The highest BCUT2D eigenvalue weighted by Gasteiger charge is 2.10. The molecule has 2 aromatic carbocycles. The molecule has 0 radical (unpaired) electrons. The Morgan fingerprint density at radius 3 is 2.52 bits per heavy atom. The first-order valence-electron chi connectivity index (χ1n) is 7.17. The second-order valence-electron chi connectivity index (χ2n) is 5.19. The van der Waals surface area contributed by atoms with Crippen molar-refractivity contribution >= 4 is 5.69 Å². The van der Waals surface area contributed by atoms with E-state index in [4.69, 9.17) is 0 Å². The summed E-state index contributed by atoms with van der Waals surface area (Å²) in [6.07, 6.45) is 3.75. The van der Waals surface area contributed by atoms with Gasteiger partial charge in [0.1, 0.15) is 0 Å². The number of hydrogen-bond acceptors (Lipinski definition) is 2. The van der Waals surface area contributed by atoms with Gasteiger partial charge in [-0.2, -0.15) is 5.10 Å². The Kier molecular flexibility index (Phi) is 3.73. The Hall–Kier alpha value is -2.55. The molecule has 3 heteroatoms. The average molecular weight is 277 g/mol. The van der Waals surface area contributed by atoms with E-state index in [0.29, 0.717) is 0 Å². The fraction of sp³-hybridized carbons (Fsp3) is 0.167. The van der Waals surface area contributed by atoms with Gasteiger partial charge in [0.2, 0.25) is 0 Å². The van der Waals surface area contributed by atoms with Crippen LogP contribution in [0.5, 0.6) is 0 Å². The first kappa shape index (κ1) is 13.4. The number of para-hydroxylation sites is 2. The maximum absolute atomic E-state index is 4.32. The monoisotopic (exact) mass is 277 g/mol. The van der Waals surface area contributed by atoms with E-state index in [9.17, 15) is 0 Å². The summed E-state index contributed by atoms with van der Waals surface area (Å²) in [5.41, 5.74) is 4.75. The van der Waals surface area contributed by atoms with E-state index in [-0.39, 0.29) is 6.04 Å². The van der Waals surface area contributed by atoms with Crippen molar-refractivity contribution in [3.05, 3.63) is 78.1 Å². The van der Waals surface area contributed by atoms with Crippen LogP contribution in [0.4, 0.5) is 5.69 Å². The van der Waals surface area contributed by atoms with Crippen molar-refractivity contribution in [3.8, 4) is 5.69 Å². The molecule has 0 spiro atoms. The zero-order valence-corrected chi connectivity index (χ0v) is 12.3. The van der Waals surface area contributed by atoms with Crippen molar-refractivity contribution in [2.24, 2.45) is 0 Å². The van der Waals surface area contributed by atoms with Gasteiger partial charge in [-0.15, -0.1) is 0 Å². The summed E-state index contributed by atoms with van der Waals surface area (Å²) in [5.74, 6) is 0. The second kappa shape index (κ2) is 5.83. The largest absolute Gasteiger partial charge is 0.377 e. The highest BCUT2D eigenvalue weighted by Crippen LogP contribution is 2.26. The number of nitrogens with one attached hydrogen (secondary N) is 1. The van der Waals surface area contributed by atoms with Gasteiger partial charge < -0.3 is 5.32 Å². The molecule has 0 saturated carbocycles. The van der Waals surface area contributed by atoms with Crippen LogP contribution in [0.2, 0.25) is 0 Å². The van der Waals surface area contributed by atoms with E-state index in [1.165, 1.54) is 11.1 Å². The summed E-state index contributed by atoms with van der Waals surface area (Å²) < 4.78 is 1.88. The van der Waals surface area contributed by atoms with Gasteiger partial charge in [0.05, 0.1) is 11.4 Å². The fourth-order valence-electron chi connectivity index (χ4n) is 2.59. The number of anilines is 1. The van der Waals surface area contributed by atoms with Crippen molar-refractivity contribution in [2.75, 3.05) is 5.32 Å². The molecule has 3 rings (SSSR count). The highest BCUT2D eigenvalue weighted by molar-refractivity contribution is 5.61. The first-order valence-corrected chi connectivity index (χ1v) is 7.17. The molecule has 3 nitrogen and oxygen atoms in total. The molecule has 0 aliphatic carbocycles. The Morgan fingerprint density at radius 1 is 1.00 bits per heavy atom. The third kappa shape index (κ3) is 2.82. The lowest BCUT2D eigenvalue weighted by atomic mass is 10.0. The van der Waals surface area contributed by atoms with Crippen molar-refractivity contribution in [2.45, 2.75) is 19.9 Å². The molecule has 1 aromatic heterocycles. The molecule has 0 aliphatic rings. The molecule has 0 amide bonds. The molecule has 1 atom stereocenters. The summed E-state index contributed by atoms with van der Waals surface area (Å²) in [7, 11) is 0. The predicted molar refractivity (Wildman–Crippen MR) is 86.8 cm³/mol. The molecule has 106 valence electrons. The van der Waals surface area contributed by atoms with E-state index in [1.807, 2.05) is 29.1 Å². The number of aryl methyl sites for hydroxylation is 1. The van der Waals surface area contributed by atoms with Crippen LogP contribution < -0.4 is 5.32 Å². The Morgan fingerprint density at radius 2 is 1.76 bits per heavy atom. The maximum Gasteiger partial charge on any atom is 0.0876 e. The quantitative estimate of drug-likeness (QED) is 0.768. The van der Waals surface area contributed by atoms with Gasteiger partial charge in [-0.25, -0.2) is 4.68 Å². The minimum atomic E-state index is 0.239. The Balaban J connectivity index is 1.91. The number of aromatic nitrogens is 2. The first-order chi connectivity index (χ1) is 10.3. The van der Waals surface area contributed by atoms with Crippen LogP contribution in [0.3, 0.4) is 0 Å². The van der Waals surface area contributed by atoms with Crippen LogP contribution in [0, 0.1) is 6.92 Å². The van der Waals surface area contributed by atoms with E-state index < -0.39 is 0 Å². The Bertz CT molecular complexity index is 717. The zero-order valence-electron chi connectivity index (χ0n) is 12.3. The van der Waals surface area contributed by atoms with Crippen LogP contribution in [-0.2, 0) is 0 Å². The molecule has 0 bridgehead atoms. The van der Waals surface area contributed by atoms with Gasteiger partial charge in [0.25, 0.3) is 0 Å². The summed E-state index contributed by atoms with van der Waals surface area (Å²) in [6, 6.07) is 18.9. The van der Waals surface area contributed by atoms with E-state index in [0.717, 1.165) is 11.4 Å². The molecule has 0 fully saturated rings. The minimum absolute atomic E-state index is 0.239. The lowest BCUT2D eigenvalue weighted by Crippen LogP contribution is -2.10. The van der Waals surface area contributed by atoms with Crippen LogP contribution in [0.1, 0.15) is 24.1 Å². The standard InChI is InChI=1S/C18H19N3/c1-14-8-3-4-9-16(14)15(2)20-17-10-5-6-11-18(17)21-13-7-12-19-21/h3-13,15,20H,1-2H3. The summed E-state index contributed by atoms with van der Waals surface area (Å²) in [6.45, 7) is 4.33. The van der Waals surface area contributed by atoms with E-state index in [2.05, 4.69) is 60.7 Å². The minimum Gasteiger partial charge on any atom is -0.377 e. The smallest absolute Gasteiger partial charge is 0.0876 e. The van der Waals surface area contributed by atoms with Crippen molar-refractivity contribution in [3.63, 3.8) is 0 Å². The van der Waals surface area contributed by atoms with Crippen molar-refractivity contribution < 1.29 is 0 Å². The molecule has 0 saturated heterocycles. The third-order valence-corrected chi connectivity index (χ3v) is 3.68. The summed E-state index contributed by atoms with van der Waals surface area (Å²) >= 11 is 0. The number of hydrogen-bond donors (Lipinski definition) is 1. The third-order valence-electron chi connectivity index (χ3n) is 3.68. The van der Waals surface area contributed by atoms with Crippen LogP contribution in [-0.4, -0.2) is 9.78 Å². The molecular weight excluding hydrogens is 258 g/mol. The SMILES string of the molecule is Cc1ccccc1C(C)Nc1ccccc1-n1cccn1. The van der Waals surface area contributed by atoms with Gasteiger partial charge in [-0.05, 0) is 43.2 Å². The van der Waals surface area contributed by atoms with Crippen LogP contribution in [0.25, 0.3) is 5.69 Å². The molecular formula is C18H19N3. The predicted octanol–water partition coefficient (Wildman–Crippen LogP) is 4.35. The molecule has 3 aromatic rings. The number of rotatable bonds is 4. The summed E-state index contributed by atoms with van der Waals surface area (Å²) in [4.78, 5) is 0. The van der Waals surface area contributed by atoms with E-state index >= 15 is 0 Å². The van der Waals surface area contributed by atoms with E-state index in [1.54, 1.807) is 6.20 Å². The maximum atomic E-state index is 4.32. The lowest BCUT2D eigenvalue weighted by Gasteiger charge is -2.20. The van der Waals surface area contributed by atoms with Gasteiger partial charge in [0, 0.05) is 18.4 Å². The summed E-state index contributed by atoms with van der Waals surface area (Å²) in [5, 5.41) is 7.92. The average Bonchev–Trinajstić information content (AvgIpc) is 3.02. The Labute approximate surface area is 125 Å². The number of benzene rings is 2. The normalized spacial score (nSPS) is 12.1. The number of nitrogens with zero attached hydrogens (tertiary/aromatic N) is 2. The van der Waals surface area contributed by atoms with Gasteiger partial charge in [-0.3, -0.25) is 0 Å². The molecule has 1 N–H and O–H groups in total. The van der Waals surface area contributed by atoms with Gasteiger partial charge in [0.15, 0.2) is 0 Å². The van der Waals surface area contributed by atoms with Crippen molar-refractivity contribution in [1.29, 1.82) is 0 Å². The van der Waals surface area contributed by atoms with Crippen LogP contribution >= 0.6 is 0 Å². The highest BCUT2D eigenvalue weighted by atomic mass is 15.3. The topological polar surface area (TPSA) is 29.9 Å². The molecule has 21 heavy (non-hydrogen) atoms. The van der Waals surface area contributed by atoms with Crippen LogP contribution in [0.15, 0.2) is 67.0 Å². The molecule has 0 aliphatic heterocycles. The van der Waals surface area contributed by atoms with Crippen molar-refractivity contribution in [1.82, 2.24) is 9.78 Å². The fourth-order valence-corrected chi connectivity index (χ4v) is 2.59. The zero-order chi connectivity index (χ0) is 14.7. The van der Waals surface area contributed by atoms with Gasteiger partial charge in [-0.1, -0.05) is 36.4 Å².